The van der Waals surface area contributed by atoms with Crippen LogP contribution in [0.25, 0.3) is 0 Å². The average Bonchev–Trinajstić information content (AvgIpc) is 2.03. The molecule has 7 heteroatoms. The molecule has 0 amide bonds. The molecule has 0 aromatic heterocycles. The van der Waals surface area contributed by atoms with Crippen molar-refractivity contribution in [1.82, 2.24) is 0 Å². The predicted molar refractivity (Wildman–Crippen MR) is 43.6 cm³/mol. The second kappa shape index (κ2) is 4.95. The highest BCUT2D eigenvalue weighted by Gasteiger charge is 2.55. The van der Waals surface area contributed by atoms with Crippen molar-refractivity contribution in [3.05, 3.63) is 0 Å². The largest absolute Gasteiger partial charge is 0.337 e. The van der Waals surface area contributed by atoms with Crippen molar-refractivity contribution in [2.75, 3.05) is 12.4 Å². The zero-order chi connectivity index (χ0) is 11.4. The number of rotatable bonds is 5. The Kier molecular flexibility index (Phi) is 4.83. The van der Waals surface area contributed by atoms with Gasteiger partial charge in [0.1, 0.15) is 0 Å². The van der Waals surface area contributed by atoms with E-state index in [0.29, 0.717) is 11.8 Å². The number of hydrogen-bond donors (Lipinski definition) is 0. The topological polar surface area (TPSA) is 17.1 Å². The molecule has 0 saturated heterocycles. The highest BCUT2D eigenvalue weighted by atomic mass is 32.2. The van der Waals surface area contributed by atoms with Crippen LogP contribution in [-0.4, -0.2) is 29.4 Å². The lowest BCUT2D eigenvalue weighted by Gasteiger charge is -2.23. The molecule has 0 radical (unpaired) electrons. The molecule has 14 heavy (non-hydrogen) atoms. The summed E-state index contributed by atoms with van der Waals surface area (Å²) in [5.74, 6) is -9.49. The van der Waals surface area contributed by atoms with Crippen LogP contribution >= 0.6 is 11.8 Å². The first-order valence-corrected chi connectivity index (χ1v) is 4.66. The third-order valence-corrected chi connectivity index (χ3v) is 2.24. The van der Waals surface area contributed by atoms with Gasteiger partial charge in [-0.3, -0.25) is 4.79 Å². The first kappa shape index (κ1) is 13.7. The molecule has 0 unspecified atom stereocenters. The summed E-state index contributed by atoms with van der Waals surface area (Å²) in [5.41, 5.74) is 0. The van der Waals surface area contributed by atoms with E-state index in [4.69, 9.17) is 0 Å². The lowest BCUT2D eigenvalue weighted by molar-refractivity contribution is -0.215. The quantitative estimate of drug-likeness (QED) is 0.683. The summed E-state index contributed by atoms with van der Waals surface area (Å²) in [5, 5.41) is -0.440. The molecule has 0 aromatic rings. The van der Waals surface area contributed by atoms with Crippen molar-refractivity contribution in [3.8, 4) is 0 Å². The maximum absolute atomic E-state index is 12.5. The van der Waals surface area contributed by atoms with Crippen LogP contribution < -0.4 is 0 Å². The van der Waals surface area contributed by atoms with Gasteiger partial charge in [-0.2, -0.15) is 17.6 Å². The van der Waals surface area contributed by atoms with E-state index in [1.807, 2.05) is 0 Å². The smallest absolute Gasteiger partial charge is 0.288 e. The zero-order valence-electron chi connectivity index (χ0n) is 7.33. The van der Waals surface area contributed by atoms with Gasteiger partial charge in [-0.1, -0.05) is 11.8 Å². The van der Waals surface area contributed by atoms with E-state index in [-0.39, 0.29) is 0 Å². The summed E-state index contributed by atoms with van der Waals surface area (Å²) in [6, 6.07) is 0. The summed E-state index contributed by atoms with van der Waals surface area (Å²) < 4.78 is 61.1. The Hall–Kier alpha value is -0.330. The monoisotopic (exact) mass is 236 g/mol. The third-order valence-electron chi connectivity index (χ3n) is 1.42. The minimum atomic E-state index is -4.65. The molecule has 0 bridgehead atoms. The molecule has 0 atom stereocenters. The second-order valence-electron chi connectivity index (χ2n) is 2.63. The summed E-state index contributed by atoms with van der Waals surface area (Å²) in [4.78, 5) is 10.3. The van der Waals surface area contributed by atoms with Crippen molar-refractivity contribution in [1.29, 1.82) is 0 Å². The van der Waals surface area contributed by atoms with Crippen molar-refractivity contribution in [2.24, 2.45) is 0 Å². The summed E-state index contributed by atoms with van der Waals surface area (Å²) in [7, 11) is 0. The summed E-state index contributed by atoms with van der Waals surface area (Å²) in [6.45, 7) is -1.26. The van der Waals surface area contributed by atoms with Gasteiger partial charge in [0, 0.05) is 19.1 Å². The number of carbonyl (C=O) groups excluding carboxylic acids is 1. The van der Waals surface area contributed by atoms with Crippen LogP contribution in [-0.2, 0) is 4.79 Å². The molecule has 0 heterocycles. The zero-order valence-corrected chi connectivity index (χ0v) is 8.14. The molecule has 0 aliphatic rings. The lowest BCUT2D eigenvalue weighted by atomic mass is 10.1. The second-order valence-corrected chi connectivity index (χ2v) is 3.90. The summed E-state index contributed by atoms with van der Waals surface area (Å²) in [6.07, 6.45) is -1.21. The summed E-state index contributed by atoms with van der Waals surface area (Å²) >= 11 is 0.510. The van der Waals surface area contributed by atoms with Gasteiger partial charge in [-0.25, -0.2) is 4.39 Å². The molecule has 0 fully saturated rings. The van der Waals surface area contributed by atoms with Crippen molar-refractivity contribution in [3.63, 3.8) is 0 Å². The number of alkyl halides is 5. The van der Waals surface area contributed by atoms with Crippen LogP contribution in [0.4, 0.5) is 22.0 Å². The minimum Gasteiger partial charge on any atom is -0.288 e. The van der Waals surface area contributed by atoms with Gasteiger partial charge < -0.3 is 0 Å². The number of thioether (sulfide) groups is 1. The van der Waals surface area contributed by atoms with Crippen LogP contribution in [0.1, 0.15) is 13.3 Å². The van der Waals surface area contributed by atoms with Crippen molar-refractivity contribution >= 4 is 16.9 Å². The van der Waals surface area contributed by atoms with E-state index in [1.54, 1.807) is 0 Å². The van der Waals surface area contributed by atoms with Crippen LogP contribution in [0.15, 0.2) is 0 Å². The molecule has 0 aromatic carbocycles. The first-order chi connectivity index (χ1) is 6.23. The van der Waals surface area contributed by atoms with Crippen molar-refractivity contribution in [2.45, 2.75) is 25.2 Å². The standard InChI is InChI=1S/C7H9F5OS/c1-5(13)14-3-2-6(9,10)7(11,12)4-8/h2-4H2,1H3. The van der Waals surface area contributed by atoms with Gasteiger partial charge in [0.05, 0.1) is 0 Å². The Labute approximate surface area is 82.0 Å². The molecular weight excluding hydrogens is 227 g/mol. The van der Waals surface area contributed by atoms with E-state index in [1.165, 1.54) is 0 Å². The highest BCUT2D eigenvalue weighted by Crippen LogP contribution is 2.38. The van der Waals surface area contributed by atoms with Gasteiger partial charge in [-0.05, 0) is 0 Å². The molecule has 0 saturated carbocycles. The molecule has 0 aliphatic carbocycles. The fraction of sp³-hybridized carbons (Fsp3) is 0.857. The Bertz CT molecular complexity index is 206. The Morgan fingerprint density at radius 1 is 1.21 bits per heavy atom. The van der Waals surface area contributed by atoms with E-state index in [9.17, 15) is 26.7 Å². The average molecular weight is 236 g/mol. The third kappa shape index (κ3) is 3.81. The van der Waals surface area contributed by atoms with Gasteiger partial charge in [-0.15, -0.1) is 0 Å². The van der Waals surface area contributed by atoms with Crippen LogP contribution in [0.3, 0.4) is 0 Å². The normalized spacial score (nSPS) is 13.0. The SMILES string of the molecule is CC(=O)SCCC(F)(F)C(F)(F)CF. The highest BCUT2D eigenvalue weighted by molar-refractivity contribution is 8.13. The Morgan fingerprint density at radius 3 is 2.07 bits per heavy atom. The van der Waals surface area contributed by atoms with Gasteiger partial charge >= 0.3 is 11.8 Å². The number of carbonyl (C=O) groups is 1. The van der Waals surface area contributed by atoms with Crippen LogP contribution in [0.5, 0.6) is 0 Å². The number of hydrogen-bond acceptors (Lipinski definition) is 2. The maximum atomic E-state index is 12.5. The van der Waals surface area contributed by atoms with Gasteiger partial charge in [0.15, 0.2) is 11.8 Å². The molecular formula is C7H9F5OS. The van der Waals surface area contributed by atoms with Crippen LogP contribution in [0, 0.1) is 0 Å². The molecule has 1 nitrogen and oxygen atoms in total. The first-order valence-electron chi connectivity index (χ1n) is 3.68. The van der Waals surface area contributed by atoms with Crippen molar-refractivity contribution < 1.29 is 26.7 Å². The van der Waals surface area contributed by atoms with E-state index in [0.717, 1.165) is 6.92 Å². The maximum Gasteiger partial charge on any atom is 0.337 e. The van der Waals surface area contributed by atoms with Crippen LogP contribution in [0.2, 0.25) is 0 Å². The lowest BCUT2D eigenvalue weighted by Crippen LogP contribution is -2.42. The van der Waals surface area contributed by atoms with Gasteiger partial charge in [0.2, 0.25) is 0 Å². The van der Waals surface area contributed by atoms with E-state index in [2.05, 4.69) is 0 Å². The molecule has 0 spiro atoms. The minimum absolute atomic E-state index is 0.440. The van der Waals surface area contributed by atoms with Gasteiger partial charge in [0.25, 0.3) is 0 Å². The Morgan fingerprint density at radius 2 is 1.71 bits per heavy atom. The molecule has 0 aliphatic heterocycles. The fourth-order valence-electron chi connectivity index (χ4n) is 0.604. The predicted octanol–water partition coefficient (Wildman–Crippen LogP) is 2.90. The molecule has 0 rings (SSSR count). The molecule has 84 valence electrons. The Balaban J connectivity index is 4.13. The van der Waals surface area contributed by atoms with E-state index < -0.39 is 35.8 Å². The number of halogens is 5. The van der Waals surface area contributed by atoms with E-state index >= 15 is 0 Å². The fourth-order valence-corrected chi connectivity index (χ4v) is 1.25. The molecule has 0 N–H and O–H groups in total.